The second-order valence-corrected chi connectivity index (χ2v) is 2.42. The van der Waals surface area contributed by atoms with Gasteiger partial charge >= 0.3 is 0 Å². The lowest BCUT2D eigenvalue weighted by Crippen LogP contribution is -1.99. The lowest BCUT2D eigenvalue weighted by molar-refractivity contribution is 1.31. The van der Waals surface area contributed by atoms with Crippen molar-refractivity contribution in [3.8, 4) is 0 Å². The first kappa shape index (κ1) is 7.58. The van der Waals surface area contributed by atoms with Crippen LogP contribution in [0.2, 0.25) is 5.15 Å². The van der Waals surface area contributed by atoms with E-state index in [1.54, 1.807) is 0 Å². The van der Waals surface area contributed by atoms with Gasteiger partial charge in [0.05, 0.1) is 0 Å². The lowest BCUT2D eigenvalue weighted by atomic mass is 10.4. The normalized spacial score (nSPS) is 9.40. The van der Waals surface area contributed by atoms with E-state index in [0.717, 1.165) is 0 Å². The van der Waals surface area contributed by atoms with Gasteiger partial charge in [-0.1, -0.05) is 11.6 Å². The maximum absolute atomic E-state index is 10.7. The van der Waals surface area contributed by atoms with Crippen molar-refractivity contribution in [1.82, 2.24) is 4.98 Å². The molecule has 1 heterocycles. The molecule has 0 bridgehead atoms. The van der Waals surface area contributed by atoms with Crippen molar-refractivity contribution in [2.24, 2.45) is 0 Å². The van der Waals surface area contributed by atoms with Crippen LogP contribution in [0.15, 0.2) is 16.9 Å². The van der Waals surface area contributed by atoms with E-state index in [-0.39, 0.29) is 5.43 Å². The van der Waals surface area contributed by atoms with Gasteiger partial charge in [0, 0.05) is 12.1 Å². The zero-order valence-corrected chi connectivity index (χ0v) is 6.93. The van der Waals surface area contributed by atoms with Crippen LogP contribution in [-0.2, 0) is 0 Å². The largest absolute Gasteiger partial charge is 0.356 e. The van der Waals surface area contributed by atoms with Crippen LogP contribution >= 0.6 is 21.0 Å². The Hall–Kier alpha value is -0.530. The molecular formula is C5H6ClN2OP. The number of pyridine rings is 1. The van der Waals surface area contributed by atoms with Crippen LogP contribution in [0.3, 0.4) is 0 Å². The van der Waals surface area contributed by atoms with E-state index < -0.39 is 0 Å². The molecule has 0 aliphatic carbocycles. The van der Waals surface area contributed by atoms with Gasteiger partial charge in [0.1, 0.15) is 11.0 Å². The fraction of sp³-hybridized carbons (Fsp3) is 0. The molecule has 2 N–H and O–H groups in total. The number of H-pyrrole nitrogens is 1. The minimum atomic E-state index is -0.117. The summed E-state index contributed by atoms with van der Waals surface area (Å²) >= 11 is 5.52. The van der Waals surface area contributed by atoms with E-state index in [9.17, 15) is 4.79 Å². The zero-order valence-electron chi connectivity index (χ0n) is 5.02. The number of halogens is 1. The fourth-order valence-electron chi connectivity index (χ4n) is 0.587. The van der Waals surface area contributed by atoms with Crippen LogP contribution in [0, 0.1) is 0 Å². The third-order valence-electron chi connectivity index (χ3n) is 0.965. The number of nitrogens with one attached hydrogen (secondary N) is 2. The van der Waals surface area contributed by atoms with E-state index >= 15 is 0 Å². The number of rotatable bonds is 1. The molecule has 0 fully saturated rings. The van der Waals surface area contributed by atoms with Crippen molar-refractivity contribution in [3.63, 3.8) is 0 Å². The summed E-state index contributed by atoms with van der Waals surface area (Å²) in [6, 6.07) is 2.73. The van der Waals surface area contributed by atoms with E-state index in [1.165, 1.54) is 12.1 Å². The molecule has 0 aromatic carbocycles. The van der Waals surface area contributed by atoms with Gasteiger partial charge in [0.2, 0.25) is 0 Å². The topological polar surface area (TPSA) is 44.9 Å². The molecule has 0 aliphatic heterocycles. The smallest absolute Gasteiger partial charge is 0.185 e. The highest BCUT2D eigenvalue weighted by molar-refractivity contribution is 7.18. The van der Waals surface area contributed by atoms with E-state index in [4.69, 9.17) is 11.6 Å². The second kappa shape index (κ2) is 3.04. The molecule has 1 rings (SSSR count). The number of hydrogen-bond acceptors (Lipinski definition) is 2. The Morgan fingerprint density at radius 1 is 1.60 bits per heavy atom. The highest BCUT2D eigenvalue weighted by atomic mass is 35.5. The summed E-state index contributed by atoms with van der Waals surface area (Å²) in [6.07, 6.45) is 0. The average molecular weight is 177 g/mol. The van der Waals surface area contributed by atoms with E-state index in [2.05, 4.69) is 19.5 Å². The van der Waals surface area contributed by atoms with Crippen LogP contribution in [0.25, 0.3) is 0 Å². The summed E-state index contributed by atoms with van der Waals surface area (Å²) in [5.74, 6) is 0.586. The monoisotopic (exact) mass is 176 g/mol. The summed E-state index contributed by atoms with van der Waals surface area (Å²) in [4.78, 5) is 13.4. The summed E-state index contributed by atoms with van der Waals surface area (Å²) in [6.45, 7) is 0. The van der Waals surface area contributed by atoms with Crippen molar-refractivity contribution in [3.05, 3.63) is 27.5 Å². The minimum Gasteiger partial charge on any atom is -0.356 e. The first-order valence-corrected chi connectivity index (χ1v) is 3.54. The Bertz CT molecular complexity index is 285. The maximum atomic E-state index is 10.7. The first-order chi connectivity index (χ1) is 4.72. The minimum absolute atomic E-state index is 0.117. The molecule has 3 nitrogen and oxygen atoms in total. The standard InChI is InChI=1S/C5H6ClN2OP/c6-4-1-3(9)2-5(7-4)8-10/h1-2H,10H2,(H2,7,8,9). The average Bonchev–Trinajstić information content (AvgIpc) is 1.85. The first-order valence-electron chi connectivity index (χ1n) is 2.59. The number of hydrogen-bond donors (Lipinski definition) is 2. The zero-order chi connectivity index (χ0) is 7.56. The fourth-order valence-corrected chi connectivity index (χ4v) is 0.952. The van der Waals surface area contributed by atoms with Crippen molar-refractivity contribution in [2.75, 3.05) is 5.09 Å². The van der Waals surface area contributed by atoms with Crippen molar-refractivity contribution in [2.45, 2.75) is 0 Å². The van der Waals surface area contributed by atoms with Gasteiger partial charge in [-0.15, -0.1) is 0 Å². The maximum Gasteiger partial charge on any atom is 0.185 e. The molecule has 1 atom stereocenters. The van der Waals surface area contributed by atoms with Gasteiger partial charge in [0.25, 0.3) is 0 Å². The van der Waals surface area contributed by atoms with Crippen molar-refractivity contribution < 1.29 is 0 Å². The van der Waals surface area contributed by atoms with E-state index in [0.29, 0.717) is 11.0 Å². The molecule has 10 heavy (non-hydrogen) atoms. The van der Waals surface area contributed by atoms with Crippen LogP contribution < -0.4 is 10.5 Å². The van der Waals surface area contributed by atoms with Gasteiger partial charge in [-0.25, -0.2) is 0 Å². The predicted octanol–water partition coefficient (Wildman–Crippen LogP) is 1.23. The van der Waals surface area contributed by atoms with Crippen LogP contribution in [0.5, 0.6) is 0 Å². The van der Waals surface area contributed by atoms with Gasteiger partial charge in [0.15, 0.2) is 5.43 Å². The Morgan fingerprint density at radius 2 is 2.30 bits per heavy atom. The second-order valence-electron chi connectivity index (χ2n) is 1.72. The lowest BCUT2D eigenvalue weighted by Gasteiger charge is -1.97. The molecule has 0 radical (unpaired) electrons. The molecule has 0 amide bonds. The van der Waals surface area contributed by atoms with Crippen molar-refractivity contribution in [1.29, 1.82) is 0 Å². The van der Waals surface area contributed by atoms with Crippen LogP contribution in [0.4, 0.5) is 5.82 Å². The Kier molecular flexibility index (Phi) is 2.30. The molecule has 1 aromatic heterocycles. The van der Waals surface area contributed by atoms with Gasteiger partial charge in [-0.05, 0) is 9.39 Å². The van der Waals surface area contributed by atoms with Crippen LogP contribution in [-0.4, -0.2) is 4.98 Å². The Labute approximate surface area is 65.1 Å². The summed E-state index contributed by atoms with van der Waals surface area (Å²) in [5, 5.41) is 3.02. The number of aromatic amines is 1. The third kappa shape index (κ3) is 1.72. The molecule has 0 saturated carbocycles. The number of anilines is 1. The molecular weight excluding hydrogens is 170 g/mol. The molecule has 0 saturated heterocycles. The molecule has 0 aliphatic rings. The molecule has 1 aromatic rings. The van der Waals surface area contributed by atoms with Gasteiger partial charge in [-0.3, -0.25) is 4.79 Å². The summed E-state index contributed by atoms with van der Waals surface area (Å²) in [5.41, 5.74) is -0.117. The highest BCUT2D eigenvalue weighted by Gasteiger charge is 1.92. The summed E-state index contributed by atoms with van der Waals surface area (Å²) < 4.78 is 0. The van der Waals surface area contributed by atoms with Crippen molar-refractivity contribution >= 4 is 26.8 Å². The Balaban J connectivity index is 3.19. The van der Waals surface area contributed by atoms with Gasteiger partial charge in [-0.2, -0.15) is 0 Å². The quantitative estimate of drug-likeness (QED) is 0.499. The Morgan fingerprint density at radius 3 is 2.80 bits per heavy atom. The summed E-state index contributed by atoms with van der Waals surface area (Å²) in [7, 11) is 2.26. The molecule has 0 spiro atoms. The SMILES string of the molecule is O=c1cc(Cl)[nH]c(NP)c1. The van der Waals surface area contributed by atoms with Crippen LogP contribution in [0.1, 0.15) is 0 Å². The highest BCUT2D eigenvalue weighted by Crippen LogP contribution is 2.06. The van der Waals surface area contributed by atoms with E-state index in [1.807, 2.05) is 0 Å². The molecule has 5 heteroatoms. The molecule has 1 unspecified atom stereocenters. The predicted molar refractivity (Wildman–Crippen MR) is 45.4 cm³/mol. The van der Waals surface area contributed by atoms with Gasteiger partial charge < -0.3 is 10.1 Å². The third-order valence-corrected chi connectivity index (χ3v) is 1.48. The molecule has 54 valence electrons. The number of aromatic nitrogens is 1.